The summed E-state index contributed by atoms with van der Waals surface area (Å²) in [7, 11) is 1.60. The van der Waals surface area contributed by atoms with E-state index in [0.717, 1.165) is 26.9 Å². The molecule has 0 aliphatic rings. The molecule has 0 unspecified atom stereocenters. The maximum atomic E-state index is 12.8. The molecule has 4 rings (SSSR count). The van der Waals surface area contributed by atoms with Crippen molar-refractivity contribution in [1.82, 2.24) is 9.55 Å². The Morgan fingerprint density at radius 1 is 1.07 bits per heavy atom. The Morgan fingerprint density at radius 2 is 1.86 bits per heavy atom. The maximum absolute atomic E-state index is 12.8. The first-order valence-corrected chi connectivity index (χ1v) is 9.58. The lowest BCUT2D eigenvalue weighted by Crippen LogP contribution is -2.19. The van der Waals surface area contributed by atoms with E-state index in [1.165, 1.54) is 0 Å². The van der Waals surface area contributed by atoms with E-state index in [2.05, 4.69) is 21.2 Å². The number of ether oxygens (including phenoxy) is 1. The number of carbonyl (C=O) groups is 1. The van der Waals surface area contributed by atoms with Gasteiger partial charge < -0.3 is 14.6 Å². The minimum absolute atomic E-state index is 0.130. The number of nitrogens with zero attached hydrogens (tertiary/aromatic N) is 2. The predicted molar refractivity (Wildman–Crippen MR) is 114 cm³/mol. The van der Waals surface area contributed by atoms with Crippen LogP contribution < -0.4 is 10.1 Å². The van der Waals surface area contributed by atoms with Gasteiger partial charge in [0, 0.05) is 21.8 Å². The second-order valence-electron chi connectivity index (χ2n) is 6.30. The molecule has 0 aliphatic heterocycles. The first kappa shape index (κ1) is 18.3. The highest BCUT2D eigenvalue weighted by Gasteiger charge is 2.15. The molecule has 0 atom stereocenters. The number of rotatable bonds is 5. The summed E-state index contributed by atoms with van der Waals surface area (Å²) in [5, 5.41) is 2.93. The van der Waals surface area contributed by atoms with E-state index in [9.17, 15) is 4.79 Å². The van der Waals surface area contributed by atoms with Crippen molar-refractivity contribution < 1.29 is 9.53 Å². The summed E-state index contributed by atoms with van der Waals surface area (Å²) in [6.45, 7) is 0.156. The molecule has 1 aromatic heterocycles. The van der Waals surface area contributed by atoms with Crippen LogP contribution in [0.2, 0.25) is 0 Å². The highest BCUT2D eigenvalue weighted by Crippen LogP contribution is 2.26. The van der Waals surface area contributed by atoms with Gasteiger partial charge in [-0.1, -0.05) is 46.3 Å². The topological polar surface area (TPSA) is 56.1 Å². The van der Waals surface area contributed by atoms with Crippen LogP contribution in [0.15, 0.2) is 77.3 Å². The molecule has 0 aliphatic carbocycles. The number of hydrogen-bond donors (Lipinski definition) is 1. The summed E-state index contributed by atoms with van der Waals surface area (Å²) in [6, 6.07) is 23.0. The number of hydrogen-bond acceptors (Lipinski definition) is 3. The van der Waals surface area contributed by atoms with Gasteiger partial charge in [-0.05, 0) is 36.4 Å². The zero-order valence-corrected chi connectivity index (χ0v) is 16.8. The standard InChI is InChI=1S/C22H18BrN3O2/c1-28-18-6-4-5-17(13-18)24-21(27)14-26-20-8-3-2-7-19(20)25-22(26)15-9-11-16(23)12-10-15/h2-13H,14H2,1H3,(H,24,27). The summed E-state index contributed by atoms with van der Waals surface area (Å²) in [5.74, 6) is 1.32. The third-order valence-electron chi connectivity index (χ3n) is 4.41. The van der Waals surface area contributed by atoms with Crippen LogP contribution in [-0.4, -0.2) is 22.6 Å². The number of benzene rings is 3. The largest absolute Gasteiger partial charge is 0.497 e. The number of carbonyl (C=O) groups excluding carboxylic acids is 1. The van der Waals surface area contributed by atoms with Crippen molar-refractivity contribution in [3.8, 4) is 17.1 Å². The van der Waals surface area contributed by atoms with Crippen LogP contribution in [0, 0.1) is 0 Å². The fourth-order valence-electron chi connectivity index (χ4n) is 3.10. The Labute approximate surface area is 171 Å². The first-order valence-electron chi connectivity index (χ1n) is 8.79. The van der Waals surface area contributed by atoms with E-state index in [-0.39, 0.29) is 12.5 Å². The van der Waals surface area contributed by atoms with Crippen LogP contribution in [0.1, 0.15) is 0 Å². The minimum atomic E-state index is -0.130. The summed E-state index contributed by atoms with van der Waals surface area (Å²) in [5.41, 5.74) is 3.42. The molecule has 0 bridgehead atoms. The smallest absolute Gasteiger partial charge is 0.244 e. The molecule has 1 heterocycles. The van der Waals surface area contributed by atoms with Gasteiger partial charge in [0.25, 0.3) is 0 Å². The number of imidazole rings is 1. The second-order valence-corrected chi connectivity index (χ2v) is 7.21. The molecule has 4 aromatic rings. The van der Waals surface area contributed by atoms with E-state index in [4.69, 9.17) is 9.72 Å². The zero-order chi connectivity index (χ0) is 19.5. The monoisotopic (exact) mass is 435 g/mol. The van der Waals surface area contributed by atoms with Crippen LogP contribution in [-0.2, 0) is 11.3 Å². The normalized spacial score (nSPS) is 10.8. The molecule has 0 saturated carbocycles. The van der Waals surface area contributed by atoms with Crippen LogP contribution in [0.4, 0.5) is 5.69 Å². The van der Waals surface area contributed by atoms with Crippen molar-refractivity contribution in [3.05, 3.63) is 77.3 Å². The van der Waals surface area contributed by atoms with Crippen molar-refractivity contribution in [2.75, 3.05) is 12.4 Å². The van der Waals surface area contributed by atoms with Crippen molar-refractivity contribution in [3.63, 3.8) is 0 Å². The van der Waals surface area contributed by atoms with Gasteiger partial charge in [-0.3, -0.25) is 4.79 Å². The van der Waals surface area contributed by atoms with Gasteiger partial charge >= 0.3 is 0 Å². The van der Waals surface area contributed by atoms with Crippen LogP contribution >= 0.6 is 15.9 Å². The van der Waals surface area contributed by atoms with Gasteiger partial charge in [-0.2, -0.15) is 0 Å². The fourth-order valence-corrected chi connectivity index (χ4v) is 3.36. The SMILES string of the molecule is COc1cccc(NC(=O)Cn2c(-c3ccc(Br)cc3)nc3ccccc32)c1. The summed E-state index contributed by atoms with van der Waals surface area (Å²) in [6.07, 6.45) is 0. The second kappa shape index (κ2) is 7.86. The highest BCUT2D eigenvalue weighted by atomic mass is 79.9. The molecule has 0 fully saturated rings. The predicted octanol–water partition coefficient (Wildman–Crippen LogP) is 5.11. The minimum Gasteiger partial charge on any atom is -0.497 e. The van der Waals surface area contributed by atoms with Gasteiger partial charge in [0.1, 0.15) is 18.1 Å². The van der Waals surface area contributed by atoms with Gasteiger partial charge in [0.05, 0.1) is 18.1 Å². The van der Waals surface area contributed by atoms with Crippen LogP contribution in [0.5, 0.6) is 5.75 Å². The maximum Gasteiger partial charge on any atom is 0.244 e. The van der Waals surface area contributed by atoms with Crippen molar-refractivity contribution in [2.45, 2.75) is 6.54 Å². The van der Waals surface area contributed by atoms with Crippen molar-refractivity contribution in [1.29, 1.82) is 0 Å². The molecule has 140 valence electrons. The van der Waals surface area contributed by atoms with Gasteiger partial charge in [0.15, 0.2) is 0 Å². The quantitative estimate of drug-likeness (QED) is 0.473. The molecule has 6 heteroatoms. The number of fused-ring (bicyclic) bond motifs is 1. The number of nitrogens with one attached hydrogen (secondary N) is 1. The molecule has 5 nitrogen and oxygen atoms in total. The summed E-state index contributed by atoms with van der Waals surface area (Å²) < 4.78 is 8.15. The molecule has 0 saturated heterocycles. The average molecular weight is 436 g/mol. The number of anilines is 1. The molecule has 28 heavy (non-hydrogen) atoms. The van der Waals surface area contributed by atoms with Crippen LogP contribution in [0.25, 0.3) is 22.4 Å². The van der Waals surface area contributed by atoms with E-state index in [0.29, 0.717) is 11.4 Å². The number of para-hydroxylation sites is 2. The number of halogens is 1. The number of methoxy groups -OCH3 is 1. The molecular formula is C22H18BrN3O2. The lowest BCUT2D eigenvalue weighted by molar-refractivity contribution is -0.116. The number of aromatic nitrogens is 2. The summed E-state index contributed by atoms with van der Waals surface area (Å²) >= 11 is 3.46. The Hall–Kier alpha value is -3.12. The third-order valence-corrected chi connectivity index (χ3v) is 4.94. The first-order chi connectivity index (χ1) is 13.6. The van der Waals surface area contributed by atoms with Gasteiger partial charge in [-0.25, -0.2) is 4.98 Å². The van der Waals surface area contributed by atoms with Crippen LogP contribution in [0.3, 0.4) is 0 Å². The number of amides is 1. The van der Waals surface area contributed by atoms with E-state index >= 15 is 0 Å². The third kappa shape index (κ3) is 3.77. The Morgan fingerprint density at radius 3 is 2.64 bits per heavy atom. The highest BCUT2D eigenvalue weighted by molar-refractivity contribution is 9.10. The Balaban J connectivity index is 1.68. The molecule has 1 amide bonds. The summed E-state index contributed by atoms with van der Waals surface area (Å²) in [4.78, 5) is 17.5. The Kier molecular flexibility index (Phi) is 5.12. The van der Waals surface area contributed by atoms with Crippen molar-refractivity contribution in [2.24, 2.45) is 0 Å². The molecule has 3 aromatic carbocycles. The van der Waals surface area contributed by atoms with Gasteiger partial charge in [0.2, 0.25) is 5.91 Å². The van der Waals surface area contributed by atoms with Gasteiger partial charge in [-0.15, -0.1) is 0 Å². The van der Waals surface area contributed by atoms with Crippen molar-refractivity contribution >= 4 is 38.6 Å². The average Bonchev–Trinajstić information content (AvgIpc) is 3.07. The zero-order valence-electron chi connectivity index (χ0n) is 15.2. The lowest BCUT2D eigenvalue weighted by atomic mass is 10.2. The Bertz CT molecular complexity index is 1140. The molecule has 0 radical (unpaired) electrons. The fraction of sp³-hybridized carbons (Fsp3) is 0.0909. The van der Waals surface area contributed by atoms with E-state index in [1.807, 2.05) is 71.3 Å². The molecular weight excluding hydrogens is 418 g/mol. The lowest BCUT2D eigenvalue weighted by Gasteiger charge is -2.11. The molecule has 0 spiro atoms. The van der Waals surface area contributed by atoms with E-state index in [1.54, 1.807) is 13.2 Å². The van der Waals surface area contributed by atoms with E-state index < -0.39 is 0 Å². The molecule has 1 N–H and O–H groups in total.